The number of carbonyl (C=O) groups is 1. The van der Waals surface area contributed by atoms with E-state index in [1.807, 2.05) is 30.3 Å². The highest BCUT2D eigenvalue weighted by atomic mass is 16.5. The lowest BCUT2D eigenvalue weighted by molar-refractivity contribution is 0.104. The second kappa shape index (κ2) is 11.1. The summed E-state index contributed by atoms with van der Waals surface area (Å²) in [5, 5.41) is 5.86. The molecule has 124 valence electrons. The summed E-state index contributed by atoms with van der Waals surface area (Å²) >= 11 is 0. The molecule has 0 heterocycles. The molecular formula is C18H30N2O2. The van der Waals surface area contributed by atoms with Gasteiger partial charge in [-0.25, -0.2) is 4.79 Å². The molecule has 4 heteroatoms. The van der Waals surface area contributed by atoms with Crippen LogP contribution in [0.1, 0.15) is 51.2 Å². The van der Waals surface area contributed by atoms with Gasteiger partial charge < -0.3 is 15.4 Å². The number of urea groups is 1. The third-order valence-electron chi connectivity index (χ3n) is 4.00. The fourth-order valence-electron chi connectivity index (χ4n) is 2.43. The summed E-state index contributed by atoms with van der Waals surface area (Å²) in [6.45, 7) is 5.58. The summed E-state index contributed by atoms with van der Waals surface area (Å²) in [6.07, 6.45) is 4.59. The van der Waals surface area contributed by atoms with Crippen molar-refractivity contribution in [2.45, 2.75) is 45.6 Å². The van der Waals surface area contributed by atoms with Gasteiger partial charge in [-0.2, -0.15) is 0 Å². The standard InChI is InChI=1S/C18H30N2O2/c1-4-6-10-15(5-2)13-19-18(21)20-14-17(22-3)16-11-8-7-9-12-16/h7-9,11-12,15,17H,4-6,10,13-14H2,1-3H3,(H2,19,20,21). The van der Waals surface area contributed by atoms with Crippen LogP contribution in [0, 0.1) is 5.92 Å². The van der Waals surface area contributed by atoms with E-state index in [0.29, 0.717) is 12.5 Å². The van der Waals surface area contributed by atoms with E-state index in [-0.39, 0.29) is 12.1 Å². The Labute approximate surface area is 134 Å². The predicted molar refractivity (Wildman–Crippen MR) is 90.9 cm³/mol. The molecule has 0 fully saturated rings. The molecule has 4 nitrogen and oxygen atoms in total. The van der Waals surface area contributed by atoms with Gasteiger partial charge in [-0.05, 0) is 17.9 Å². The van der Waals surface area contributed by atoms with E-state index < -0.39 is 0 Å². The normalized spacial score (nSPS) is 13.4. The Hall–Kier alpha value is -1.55. The second-order valence-corrected chi connectivity index (χ2v) is 5.64. The molecule has 0 spiro atoms. The number of benzene rings is 1. The number of ether oxygens (including phenoxy) is 1. The Morgan fingerprint density at radius 3 is 2.41 bits per heavy atom. The maximum absolute atomic E-state index is 11.9. The molecule has 2 unspecified atom stereocenters. The number of nitrogens with one attached hydrogen (secondary N) is 2. The number of rotatable bonds is 10. The molecule has 2 amide bonds. The molecule has 2 N–H and O–H groups in total. The molecule has 0 bridgehead atoms. The van der Waals surface area contributed by atoms with E-state index in [4.69, 9.17) is 4.74 Å². The maximum atomic E-state index is 11.9. The van der Waals surface area contributed by atoms with Gasteiger partial charge in [0.1, 0.15) is 0 Å². The first-order valence-electron chi connectivity index (χ1n) is 8.30. The topological polar surface area (TPSA) is 50.4 Å². The van der Waals surface area contributed by atoms with Gasteiger partial charge in [0.2, 0.25) is 0 Å². The molecule has 0 radical (unpaired) electrons. The average Bonchev–Trinajstić information content (AvgIpc) is 2.56. The zero-order chi connectivity index (χ0) is 16.2. The minimum atomic E-state index is -0.118. The third kappa shape index (κ3) is 6.94. The minimum absolute atomic E-state index is 0.117. The summed E-state index contributed by atoms with van der Waals surface area (Å²) in [6, 6.07) is 9.81. The van der Waals surface area contributed by atoms with Crippen molar-refractivity contribution < 1.29 is 9.53 Å². The van der Waals surface area contributed by atoms with E-state index in [1.165, 1.54) is 19.3 Å². The molecular weight excluding hydrogens is 276 g/mol. The minimum Gasteiger partial charge on any atom is -0.375 e. The fourth-order valence-corrected chi connectivity index (χ4v) is 2.43. The van der Waals surface area contributed by atoms with Gasteiger partial charge in [0, 0.05) is 20.2 Å². The first-order chi connectivity index (χ1) is 10.7. The summed E-state index contributed by atoms with van der Waals surface area (Å²) in [4.78, 5) is 11.9. The van der Waals surface area contributed by atoms with Crippen LogP contribution in [-0.2, 0) is 4.74 Å². The third-order valence-corrected chi connectivity index (χ3v) is 4.00. The number of methoxy groups -OCH3 is 1. The van der Waals surface area contributed by atoms with Gasteiger partial charge in [0.05, 0.1) is 6.10 Å². The molecule has 22 heavy (non-hydrogen) atoms. The summed E-state index contributed by atoms with van der Waals surface area (Å²) in [7, 11) is 1.66. The van der Waals surface area contributed by atoms with Crippen molar-refractivity contribution >= 4 is 6.03 Å². The van der Waals surface area contributed by atoms with E-state index in [2.05, 4.69) is 24.5 Å². The highest BCUT2D eigenvalue weighted by Gasteiger charge is 2.12. The van der Waals surface area contributed by atoms with Crippen molar-refractivity contribution in [2.24, 2.45) is 5.92 Å². The first kappa shape index (κ1) is 18.5. The van der Waals surface area contributed by atoms with Crippen molar-refractivity contribution in [3.63, 3.8) is 0 Å². The lowest BCUT2D eigenvalue weighted by Gasteiger charge is -2.18. The van der Waals surface area contributed by atoms with Crippen LogP contribution in [0.4, 0.5) is 4.79 Å². The number of hydrogen-bond donors (Lipinski definition) is 2. The van der Waals surface area contributed by atoms with E-state index in [9.17, 15) is 4.79 Å². The average molecular weight is 306 g/mol. The van der Waals surface area contributed by atoms with Gasteiger partial charge >= 0.3 is 6.03 Å². The van der Waals surface area contributed by atoms with Crippen molar-refractivity contribution in [2.75, 3.05) is 20.2 Å². The molecule has 0 aromatic heterocycles. The Kier molecular flexibility index (Phi) is 9.31. The number of carbonyl (C=O) groups excluding carboxylic acids is 1. The smallest absolute Gasteiger partial charge is 0.314 e. The van der Waals surface area contributed by atoms with Crippen LogP contribution in [-0.4, -0.2) is 26.2 Å². The van der Waals surface area contributed by atoms with E-state index in [1.54, 1.807) is 7.11 Å². The van der Waals surface area contributed by atoms with Gasteiger partial charge in [-0.1, -0.05) is 63.4 Å². The predicted octanol–water partition coefficient (Wildman–Crippen LogP) is 3.89. The van der Waals surface area contributed by atoms with Crippen LogP contribution in [0.25, 0.3) is 0 Å². The summed E-state index contributed by atoms with van der Waals surface area (Å²) in [5.74, 6) is 0.568. The number of amides is 2. The monoisotopic (exact) mass is 306 g/mol. The van der Waals surface area contributed by atoms with Gasteiger partial charge in [0.25, 0.3) is 0 Å². The molecule has 1 aromatic carbocycles. The molecule has 1 aromatic rings. The zero-order valence-electron chi connectivity index (χ0n) is 14.1. The van der Waals surface area contributed by atoms with Crippen molar-refractivity contribution in [3.8, 4) is 0 Å². The van der Waals surface area contributed by atoms with Gasteiger partial charge in [-0.15, -0.1) is 0 Å². The number of hydrogen-bond acceptors (Lipinski definition) is 2. The molecule has 0 aliphatic carbocycles. The SMILES string of the molecule is CCCCC(CC)CNC(=O)NCC(OC)c1ccccc1. The van der Waals surface area contributed by atoms with E-state index in [0.717, 1.165) is 18.5 Å². The Balaban J connectivity index is 2.32. The van der Waals surface area contributed by atoms with Crippen molar-refractivity contribution in [1.82, 2.24) is 10.6 Å². The highest BCUT2D eigenvalue weighted by molar-refractivity contribution is 5.73. The zero-order valence-corrected chi connectivity index (χ0v) is 14.1. The second-order valence-electron chi connectivity index (χ2n) is 5.64. The molecule has 0 saturated carbocycles. The van der Waals surface area contributed by atoms with Crippen LogP contribution in [0.5, 0.6) is 0 Å². The summed E-state index contributed by atoms with van der Waals surface area (Å²) in [5.41, 5.74) is 1.07. The van der Waals surface area contributed by atoms with Crippen LogP contribution in [0.15, 0.2) is 30.3 Å². The first-order valence-corrected chi connectivity index (χ1v) is 8.30. The van der Waals surface area contributed by atoms with E-state index >= 15 is 0 Å². The largest absolute Gasteiger partial charge is 0.375 e. The highest BCUT2D eigenvalue weighted by Crippen LogP contribution is 2.15. The maximum Gasteiger partial charge on any atom is 0.314 e. The van der Waals surface area contributed by atoms with Gasteiger partial charge in [-0.3, -0.25) is 0 Å². The molecule has 1 rings (SSSR count). The van der Waals surface area contributed by atoms with Crippen LogP contribution < -0.4 is 10.6 Å². The lowest BCUT2D eigenvalue weighted by Crippen LogP contribution is -2.40. The van der Waals surface area contributed by atoms with Crippen LogP contribution >= 0.6 is 0 Å². The molecule has 2 atom stereocenters. The van der Waals surface area contributed by atoms with Crippen LogP contribution in [0.3, 0.4) is 0 Å². The van der Waals surface area contributed by atoms with Crippen molar-refractivity contribution in [3.05, 3.63) is 35.9 Å². The lowest BCUT2D eigenvalue weighted by atomic mass is 9.99. The fraction of sp³-hybridized carbons (Fsp3) is 0.611. The summed E-state index contributed by atoms with van der Waals surface area (Å²) < 4.78 is 5.44. The molecule has 0 aliphatic heterocycles. The Morgan fingerprint density at radius 2 is 1.82 bits per heavy atom. The van der Waals surface area contributed by atoms with Crippen LogP contribution in [0.2, 0.25) is 0 Å². The molecule has 0 saturated heterocycles. The number of unbranched alkanes of at least 4 members (excludes halogenated alkanes) is 1. The Morgan fingerprint density at radius 1 is 1.14 bits per heavy atom. The van der Waals surface area contributed by atoms with Gasteiger partial charge in [0.15, 0.2) is 0 Å². The molecule has 0 aliphatic rings. The Bertz CT molecular complexity index is 409. The quantitative estimate of drug-likeness (QED) is 0.689. The van der Waals surface area contributed by atoms with Crippen molar-refractivity contribution in [1.29, 1.82) is 0 Å².